The Hall–Kier alpha value is -5.64. The highest BCUT2D eigenvalue weighted by Crippen LogP contribution is 2.50. The van der Waals surface area contributed by atoms with Crippen molar-refractivity contribution in [3.63, 3.8) is 0 Å². The fraction of sp³-hybridized carbons (Fsp3) is 0.614. The monoisotopic (exact) mass is 949 g/mol. The largest absolute Gasteiger partial charge is 0.495 e. The molecule has 66 heavy (non-hydrogen) atoms. The Morgan fingerprint density at radius 2 is 1.77 bits per heavy atom. The van der Waals surface area contributed by atoms with Crippen LogP contribution in [0.15, 0.2) is 35.9 Å². The third-order valence-corrected chi connectivity index (χ3v) is 12.6. The van der Waals surface area contributed by atoms with Gasteiger partial charge in [0.2, 0.25) is 11.8 Å². The summed E-state index contributed by atoms with van der Waals surface area (Å²) >= 11 is 6.78. The average molecular weight is 950 g/mol. The van der Waals surface area contributed by atoms with Crippen molar-refractivity contribution in [2.75, 3.05) is 39.8 Å². The minimum absolute atomic E-state index is 0.0494. The van der Waals surface area contributed by atoms with Crippen molar-refractivity contribution < 1.29 is 67.5 Å². The van der Waals surface area contributed by atoms with Gasteiger partial charge < -0.3 is 65.4 Å². The van der Waals surface area contributed by atoms with Gasteiger partial charge in [0, 0.05) is 40.6 Å². The van der Waals surface area contributed by atoms with Crippen LogP contribution in [0.25, 0.3) is 0 Å². The fourth-order valence-corrected chi connectivity index (χ4v) is 8.59. The number of amides is 7. The van der Waals surface area contributed by atoms with Gasteiger partial charge in [0.25, 0.3) is 0 Å². The van der Waals surface area contributed by atoms with Gasteiger partial charge in [-0.3, -0.25) is 14.9 Å². The first kappa shape index (κ1) is 53.0. The SMILES string of the molecule is COc1cc2cc(c1Cl)N(C)C(=O)CC(OC(=O)[C@H](C)N(C)C(=O)N[C@H](C(=O)N[C@@H](CCCNC(N)=O)C(=O)O)C(C)C)C1(C)CC(C)(O1)C1CC(O)(NC(=O)O1)C(OC)/C=C/C=C(\C)C2. The topological polar surface area (TPSA) is 287 Å². The number of nitrogens with zero attached hydrogens (tertiary/aromatic N) is 2. The van der Waals surface area contributed by atoms with Gasteiger partial charge in [-0.1, -0.05) is 49.2 Å². The molecular weight excluding hydrogens is 886 g/mol. The molecule has 0 spiro atoms. The van der Waals surface area contributed by atoms with Crippen LogP contribution in [0.1, 0.15) is 79.2 Å². The molecule has 0 saturated carbocycles. The molecule has 0 radical (unpaired) electrons. The van der Waals surface area contributed by atoms with Crippen LogP contribution in [0.4, 0.5) is 20.1 Å². The summed E-state index contributed by atoms with van der Waals surface area (Å²) < 4.78 is 29.5. The number of hydrogen-bond acceptors (Lipinski definition) is 13. The van der Waals surface area contributed by atoms with E-state index in [1.165, 1.54) is 40.1 Å². The van der Waals surface area contributed by atoms with Crippen molar-refractivity contribution in [1.29, 1.82) is 0 Å². The van der Waals surface area contributed by atoms with Crippen molar-refractivity contribution in [2.45, 2.75) is 133 Å². The number of carboxylic acid groups (broad SMARTS) is 1. The predicted molar refractivity (Wildman–Crippen MR) is 240 cm³/mol. The van der Waals surface area contributed by atoms with Crippen LogP contribution in [-0.4, -0.2) is 145 Å². The van der Waals surface area contributed by atoms with E-state index in [1.54, 1.807) is 52.0 Å². The molecule has 2 saturated heterocycles. The number of carbonyl (C=O) groups is 7. The predicted octanol–water partition coefficient (Wildman–Crippen LogP) is 2.88. The van der Waals surface area contributed by atoms with Gasteiger partial charge in [0.1, 0.15) is 58.4 Å². The average Bonchev–Trinajstić information content (AvgIpc) is 3.22. The van der Waals surface area contributed by atoms with Crippen molar-refractivity contribution in [2.24, 2.45) is 11.7 Å². The summed E-state index contributed by atoms with van der Waals surface area (Å²) in [5.41, 5.74) is 2.38. The molecule has 366 valence electrons. The summed E-state index contributed by atoms with van der Waals surface area (Å²) in [7, 11) is 5.64. The Morgan fingerprint density at radius 1 is 1.11 bits per heavy atom. The molecule has 6 bridgehead atoms. The first-order chi connectivity index (χ1) is 30.8. The van der Waals surface area contributed by atoms with Crippen LogP contribution in [0.2, 0.25) is 5.02 Å². The van der Waals surface area contributed by atoms with Gasteiger partial charge in [-0.05, 0) is 70.6 Å². The van der Waals surface area contributed by atoms with Gasteiger partial charge in [0.05, 0.1) is 19.2 Å². The van der Waals surface area contributed by atoms with E-state index in [4.69, 9.17) is 41.0 Å². The van der Waals surface area contributed by atoms with Crippen LogP contribution in [0.3, 0.4) is 0 Å². The normalized spacial score (nSPS) is 28.1. The fourth-order valence-electron chi connectivity index (χ4n) is 8.28. The second-order valence-corrected chi connectivity index (χ2v) is 18.2. The number of nitrogens with two attached hydrogens (primary N) is 1. The van der Waals surface area contributed by atoms with E-state index in [-0.39, 0.29) is 37.3 Å². The zero-order valence-electron chi connectivity index (χ0n) is 39.0. The Balaban J connectivity index is 1.64. The highest BCUT2D eigenvalue weighted by molar-refractivity contribution is 6.35. The number of aliphatic carboxylic acids is 1. The van der Waals surface area contributed by atoms with Crippen LogP contribution in [0.5, 0.6) is 5.75 Å². The van der Waals surface area contributed by atoms with Crippen LogP contribution in [-0.2, 0) is 44.5 Å². The van der Waals surface area contributed by atoms with E-state index >= 15 is 0 Å². The zero-order chi connectivity index (χ0) is 49.5. The van der Waals surface area contributed by atoms with E-state index in [2.05, 4.69) is 21.3 Å². The lowest BCUT2D eigenvalue weighted by molar-refractivity contribution is -0.328. The number of carbonyl (C=O) groups excluding carboxylic acids is 6. The maximum absolute atomic E-state index is 14.3. The number of carboxylic acids is 1. The molecule has 0 aromatic heterocycles. The molecule has 4 aliphatic rings. The number of likely N-dealkylation sites (N-methyl/N-ethyl adjacent to an activating group) is 1. The van der Waals surface area contributed by atoms with Crippen LogP contribution < -0.4 is 36.6 Å². The number of allylic oxidation sites excluding steroid dienone is 3. The van der Waals surface area contributed by atoms with Crippen molar-refractivity contribution in [3.05, 3.63) is 46.5 Å². The summed E-state index contributed by atoms with van der Waals surface area (Å²) in [6, 6.07) is -2.09. The molecule has 6 unspecified atom stereocenters. The molecule has 1 aromatic carbocycles. The molecule has 22 heteroatoms. The smallest absolute Gasteiger partial charge is 0.409 e. The summed E-state index contributed by atoms with van der Waals surface area (Å²) in [4.78, 5) is 93.7. The van der Waals surface area contributed by atoms with Crippen molar-refractivity contribution >= 4 is 59.2 Å². The zero-order valence-corrected chi connectivity index (χ0v) is 39.8. The number of rotatable bonds is 14. The van der Waals surface area contributed by atoms with Crippen molar-refractivity contribution in [3.8, 4) is 5.75 Å². The Kier molecular flexibility index (Phi) is 17.5. The number of aliphatic hydroxyl groups is 1. The molecule has 4 aliphatic heterocycles. The molecule has 1 aromatic rings. The third-order valence-electron chi connectivity index (χ3n) is 12.2. The number of anilines is 1. The lowest BCUT2D eigenvalue weighted by atomic mass is 9.72. The van der Waals surface area contributed by atoms with E-state index in [0.29, 0.717) is 17.9 Å². The second-order valence-electron chi connectivity index (χ2n) is 17.8. The number of fused-ring (bicyclic) bond motifs is 6. The lowest BCUT2D eigenvalue weighted by Crippen LogP contribution is -2.72. The molecular formula is C44H64ClN7O14. The Labute approximate surface area is 389 Å². The highest BCUT2D eigenvalue weighted by atomic mass is 35.5. The minimum atomic E-state index is -1.93. The summed E-state index contributed by atoms with van der Waals surface area (Å²) in [6.45, 7) is 9.88. The van der Waals surface area contributed by atoms with Gasteiger partial charge in [0.15, 0.2) is 5.72 Å². The Morgan fingerprint density at radius 3 is 2.36 bits per heavy atom. The van der Waals surface area contributed by atoms with E-state index in [0.717, 1.165) is 16.0 Å². The quantitative estimate of drug-likeness (QED) is 0.104. The summed E-state index contributed by atoms with van der Waals surface area (Å²) in [5.74, 6) is -3.86. The van der Waals surface area contributed by atoms with Gasteiger partial charge in [-0.2, -0.15) is 0 Å². The molecule has 2 fully saturated rings. The number of alkyl carbamates (subject to hydrolysis) is 1. The molecule has 8 N–H and O–H groups in total. The van der Waals surface area contributed by atoms with E-state index in [1.807, 2.05) is 13.0 Å². The number of methoxy groups -OCH3 is 2. The van der Waals surface area contributed by atoms with Crippen molar-refractivity contribution in [1.82, 2.24) is 26.2 Å². The van der Waals surface area contributed by atoms with E-state index in [9.17, 15) is 43.8 Å². The van der Waals surface area contributed by atoms with Gasteiger partial charge in [-0.25, -0.2) is 24.0 Å². The third kappa shape index (κ3) is 12.6. The number of hydrogen-bond donors (Lipinski definition) is 7. The molecule has 5 rings (SSSR count). The van der Waals surface area contributed by atoms with Gasteiger partial charge in [-0.15, -0.1) is 0 Å². The minimum Gasteiger partial charge on any atom is -0.495 e. The maximum Gasteiger partial charge on any atom is 0.409 e. The number of benzene rings is 1. The summed E-state index contributed by atoms with van der Waals surface area (Å²) in [5, 5.41) is 31.5. The molecule has 7 amide bonds. The number of nitrogens with one attached hydrogen (secondary N) is 4. The number of esters is 1. The van der Waals surface area contributed by atoms with Crippen LogP contribution >= 0.6 is 11.6 Å². The van der Waals surface area contributed by atoms with Gasteiger partial charge >= 0.3 is 30.1 Å². The lowest BCUT2D eigenvalue weighted by Gasteiger charge is -2.59. The molecule has 0 aliphatic carbocycles. The second kappa shape index (κ2) is 21.8. The summed E-state index contributed by atoms with van der Waals surface area (Å²) in [6.07, 6.45) is 0.756. The maximum atomic E-state index is 14.3. The van der Waals surface area contributed by atoms with E-state index < -0.39 is 108 Å². The molecule has 9 atom stereocenters. The standard InChI is InChI=1S/C44H64ClN7O14/c1-23(2)35(36(54)48-27(37(55)56)14-12-16-47-39(46)58)49-40(59)51(7)25(4)38(57)64-31-20-33(53)52(8)28-18-26(19-29(62-9)34(28)45)17-24(3)13-11-15-30(63-10)44(61)21-32(65-41(60)50-44)43(6)22-42(31,5)66-43/h11,13,15,18-19,23,25,27,30-32,35,61H,12,14,16-17,20-22H2,1-10H3,(H,48,54)(H,49,59)(H,50,60)(H,55,56)(H3,46,47,58)/b15-11+,24-13+/t25-,27-,30?,31?,32?,35-,42?,43?,44?/m0/s1. The number of halogens is 1. The molecule has 21 nitrogen and oxygen atoms in total. The first-order valence-electron chi connectivity index (χ1n) is 21.5. The number of urea groups is 2. The number of ether oxygens (including phenoxy) is 5. The first-order valence-corrected chi connectivity index (χ1v) is 21.9. The Bertz CT molecular complexity index is 2080. The molecule has 4 heterocycles. The number of primary amides is 1. The highest BCUT2D eigenvalue weighted by Gasteiger charge is 2.63. The van der Waals surface area contributed by atoms with Crippen LogP contribution in [0, 0.1) is 5.92 Å².